The van der Waals surface area contributed by atoms with Gasteiger partial charge >= 0.3 is 0 Å². The lowest BCUT2D eigenvalue weighted by molar-refractivity contribution is 0.190. The Balaban J connectivity index is 2.29. The van der Waals surface area contributed by atoms with Crippen molar-refractivity contribution >= 4 is 0 Å². The van der Waals surface area contributed by atoms with E-state index in [0.717, 1.165) is 39.3 Å². The Hall–Kier alpha value is -0.200. The molecule has 24 heavy (non-hydrogen) atoms. The summed E-state index contributed by atoms with van der Waals surface area (Å²) in [5.41, 5.74) is 0. The molecule has 5 nitrogen and oxygen atoms in total. The minimum atomic E-state index is 0.716. The zero-order valence-corrected chi connectivity index (χ0v) is 16.6. The van der Waals surface area contributed by atoms with E-state index in [1.165, 1.54) is 58.4 Å². The van der Waals surface area contributed by atoms with Crippen molar-refractivity contribution in [2.24, 2.45) is 0 Å². The third-order valence-electron chi connectivity index (χ3n) is 5.16. The van der Waals surface area contributed by atoms with Gasteiger partial charge in [-0.2, -0.15) is 0 Å². The standard InChI is InChI=1S/C19H43N5/c1-4-19(3)24(5-2)17-8-16-23-15-7-11-21-13-12-20-9-6-10-22-14-18-23/h19-22H,4-18H2,1-3H3. The molecule has 0 amide bonds. The van der Waals surface area contributed by atoms with Gasteiger partial charge in [0, 0.05) is 32.2 Å². The normalized spacial score (nSPS) is 21.5. The molecule has 144 valence electrons. The molecular formula is C19H43N5. The van der Waals surface area contributed by atoms with Gasteiger partial charge in [-0.3, -0.25) is 0 Å². The zero-order valence-electron chi connectivity index (χ0n) is 16.6. The molecule has 0 aliphatic carbocycles. The van der Waals surface area contributed by atoms with Crippen molar-refractivity contribution in [2.75, 3.05) is 72.0 Å². The number of nitrogens with zero attached hydrogens (tertiary/aromatic N) is 2. The van der Waals surface area contributed by atoms with E-state index in [0.29, 0.717) is 6.04 Å². The second kappa shape index (κ2) is 15.1. The maximum absolute atomic E-state index is 3.60. The summed E-state index contributed by atoms with van der Waals surface area (Å²) in [5.74, 6) is 0. The fraction of sp³-hybridized carbons (Fsp3) is 1.00. The van der Waals surface area contributed by atoms with Gasteiger partial charge in [0.25, 0.3) is 0 Å². The molecule has 1 saturated heterocycles. The summed E-state index contributed by atoms with van der Waals surface area (Å²) in [6.07, 6.45) is 5.01. The first-order valence-electron chi connectivity index (χ1n) is 10.4. The van der Waals surface area contributed by atoms with Crippen LogP contribution in [-0.4, -0.2) is 87.8 Å². The molecule has 1 heterocycles. The van der Waals surface area contributed by atoms with Crippen molar-refractivity contribution in [1.82, 2.24) is 25.8 Å². The fourth-order valence-corrected chi connectivity index (χ4v) is 3.34. The van der Waals surface area contributed by atoms with E-state index < -0.39 is 0 Å². The second-order valence-corrected chi connectivity index (χ2v) is 7.04. The van der Waals surface area contributed by atoms with Crippen molar-refractivity contribution in [2.45, 2.75) is 52.5 Å². The van der Waals surface area contributed by atoms with Crippen molar-refractivity contribution in [3.8, 4) is 0 Å². The molecule has 1 fully saturated rings. The number of nitrogens with one attached hydrogen (secondary N) is 3. The van der Waals surface area contributed by atoms with Crippen molar-refractivity contribution in [3.05, 3.63) is 0 Å². The second-order valence-electron chi connectivity index (χ2n) is 7.04. The van der Waals surface area contributed by atoms with Crippen LogP contribution in [-0.2, 0) is 0 Å². The minimum absolute atomic E-state index is 0.716. The largest absolute Gasteiger partial charge is 0.315 e. The van der Waals surface area contributed by atoms with E-state index in [-0.39, 0.29) is 0 Å². The Morgan fingerprint density at radius 3 is 2.21 bits per heavy atom. The van der Waals surface area contributed by atoms with E-state index in [1.54, 1.807) is 0 Å². The van der Waals surface area contributed by atoms with Crippen LogP contribution in [0.15, 0.2) is 0 Å². The Morgan fingerprint density at radius 2 is 1.54 bits per heavy atom. The van der Waals surface area contributed by atoms with E-state index >= 15 is 0 Å². The molecule has 0 radical (unpaired) electrons. The van der Waals surface area contributed by atoms with Crippen molar-refractivity contribution in [1.29, 1.82) is 0 Å². The average Bonchev–Trinajstić information content (AvgIpc) is 2.60. The summed E-state index contributed by atoms with van der Waals surface area (Å²) in [6, 6.07) is 0.716. The van der Waals surface area contributed by atoms with Gasteiger partial charge in [0.05, 0.1) is 0 Å². The monoisotopic (exact) mass is 341 g/mol. The topological polar surface area (TPSA) is 42.6 Å². The highest BCUT2D eigenvalue weighted by atomic mass is 15.2. The van der Waals surface area contributed by atoms with E-state index in [1.807, 2.05) is 0 Å². The summed E-state index contributed by atoms with van der Waals surface area (Å²) >= 11 is 0. The molecular weight excluding hydrogens is 298 g/mol. The van der Waals surface area contributed by atoms with Crippen LogP contribution in [0.2, 0.25) is 0 Å². The van der Waals surface area contributed by atoms with Crippen LogP contribution in [0.4, 0.5) is 0 Å². The quantitative estimate of drug-likeness (QED) is 0.652. The highest BCUT2D eigenvalue weighted by Gasteiger charge is 2.11. The smallest absolute Gasteiger partial charge is 0.0107 e. The van der Waals surface area contributed by atoms with Gasteiger partial charge in [0.1, 0.15) is 0 Å². The van der Waals surface area contributed by atoms with Gasteiger partial charge in [0.2, 0.25) is 0 Å². The molecule has 1 unspecified atom stereocenters. The minimum Gasteiger partial charge on any atom is -0.315 e. The lowest BCUT2D eigenvalue weighted by Gasteiger charge is -2.29. The number of hydrogen-bond acceptors (Lipinski definition) is 5. The average molecular weight is 342 g/mol. The van der Waals surface area contributed by atoms with Crippen LogP contribution in [0.1, 0.15) is 46.5 Å². The van der Waals surface area contributed by atoms with Crippen molar-refractivity contribution < 1.29 is 0 Å². The third-order valence-corrected chi connectivity index (χ3v) is 5.16. The summed E-state index contributed by atoms with van der Waals surface area (Å²) in [7, 11) is 0. The van der Waals surface area contributed by atoms with E-state index in [2.05, 4.69) is 46.5 Å². The molecule has 1 aliphatic heterocycles. The SMILES string of the molecule is CCC(C)N(CC)CCCN1CCCNCCNCCCNCC1. The first kappa shape index (κ1) is 21.8. The molecule has 0 aromatic carbocycles. The van der Waals surface area contributed by atoms with Gasteiger partial charge in [-0.15, -0.1) is 0 Å². The van der Waals surface area contributed by atoms with Crippen LogP contribution < -0.4 is 16.0 Å². The van der Waals surface area contributed by atoms with Crippen LogP contribution in [0.25, 0.3) is 0 Å². The molecule has 0 spiro atoms. The van der Waals surface area contributed by atoms with Crippen LogP contribution in [0, 0.1) is 0 Å². The molecule has 0 bridgehead atoms. The van der Waals surface area contributed by atoms with E-state index in [9.17, 15) is 0 Å². The van der Waals surface area contributed by atoms with Crippen LogP contribution in [0.3, 0.4) is 0 Å². The summed E-state index contributed by atoms with van der Waals surface area (Å²) in [5, 5.41) is 10.6. The number of rotatable bonds is 7. The summed E-state index contributed by atoms with van der Waals surface area (Å²) in [4.78, 5) is 5.28. The number of hydrogen-bond donors (Lipinski definition) is 3. The van der Waals surface area contributed by atoms with Gasteiger partial charge < -0.3 is 25.8 Å². The Morgan fingerprint density at radius 1 is 0.875 bits per heavy atom. The molecule has 1 rings (SSSR count). The Bertz CT molecular complexity index is 260. The molecule has 0 aromatic heterocycles. The Kier molecular flexibility index (Phi) is 13.7. The first-order chi connectivity index (χ1) is 11.8. The molecule has 0 aromatic rings. The molecule has 0 saturated carbocycles. The molecule has 3 N–H and O–H groups in total. The van der Waals surface area contributed by atoms with Gasteiger partial charge in [-0.1, -0.05) is 13.8 Å². The summed E-state index contributed by atoms with van der Waals surface area (Å²) < 4.78 is 0. The van der Waals surface area contributed by atoms with E-state index in [4.69, 9.17) is 0 Å². The maximum Gasteiger partial charge on any atom is 0.0107 e. The lowest BCUT2D eigenvalue weighted by atomic mass is 10.2. The first-order valence-corrected chi connectivity index (χ1v) is 10.4. The van der Waals surface area contributed by atoms with Crippen LogP contribution >= 0.6 is 0 Å². The fourth-order valence-electron chi connectivity index (χ4n) is 3.34. The highest BCUT2D eigenvalue weighted by Crippen LogP contribution is 2.04. The van der Waals surface area contributed by atoms with Gasteiger partial charge in [-0.05, 0) is 78.4 Å². The predicted octanol–water partition coefficient (Wildman–Crippen LogP) is 1.36. The highest BCUT2D eigenvalue weighted by molar-refractivity contribution is 4.68. The van der Waals surface area contributed by atoms with Crippen molar-refractivity contribution in [3.63, 3.8) is 0 Å². The zero-order chi connectivity index (χ0) is 17.5. The Labute approximate surface area is 150 Å². The van der Waals surface area contributed by atoms with Crippen LogP contribution in [0.5, 0.6) is 0 Å². The molecule has 1 aliphatic rings. The maximum atomic E-state index is 3.60. The van der Waals surface area contributed by atoms with Gasteiger partial charge in [-0.25, -0.2) is 0 Å². The molecule has 1 atom stereocenters. The summed E-state index contributed by atoms with van der Waals surface area (Å²) in [6.45, 7) is 19.7. The molecule has 5 heteroatoms. The lowest BCUT2D eigenvalue weighted by Crippen LogP contribution is -2.39. The predicted molar refractivity (Wildman–Crippen MR) is 106 cm³/mol. The van der Waals surface area contributed by atoms with Gasteiger partial charge in [0.15, 0.2) is 0 Å². The third kappa shape index (κ3) is 10.6.